The summed E-state index contributed by atoms with van der Waals surface area (Å²) in [7, 11) is 0. The van der Waals surface area contributed by atoms with Crippen LogP contribution in [0.5, 0.6) is 0 Å². The number of nitrogens with one attached hydrogen (secondary N) is 1. The van der Waals surface area contributed by atoms with Gasteiger partial charge in [0.25, 0.3) is 5.91 Å². The maximum atomic E-state index is 12.9. The SMILES string of the molecule is O=C(Nc1ccn(Cc2ccc(F)cc2)n1)c1cnccn1. The maximum Gasteiger partial charge on any atom is 0.277 e. The molecule has 0 aliphatic rings. The summed E-state index contributed by atoms with van der Waals surface area (Å²) < 4.78 is 14.5. The lowest BCUT2D eigenvalue weighted by Gasteiger charge is -2.02. The van der Waals surface area contributed by atoms with Crippen LogP contribution in [0.4, 0.5) is 10.2 Å². The molecule has 3 rings (SSSR count). The van der Waals surface area contributed by atoms with E-state index in [0.717, 1.165) is 5.56 Å². The Hall–Kier alpha value is -3.09. The Kier molecular flexibility index (Phi) is 3.86. The summed E-state index contributed by atoms with van der Waals surface area (Å²) in [6.45, 7) is 0.487. The molecule has 3 aromatic rings. The lowest BCUT2D eigenvalue weighted by molar-refractivity contribution is 0.102. The molecule has 0 aliphatic carbocycles. The molecule has 0 fully saturated rings. The van der Waals surface area contributed by atoms with Crippen LogP contribution in [0.15, 0.2) is 55.1 Å². The van der Waals surface area contributed by atoms with Crippen LogP contribution in [-0.2, 0) is 6.54 Å². The lowest BCUT2D eigenvalue weighted by atomic mass is 10.2. The topological polar surface area (TPSA) is 72.7 Å². The van der Waals surface area contributed by atoms with Gasteiger partial charge in [-0.05, 0) is 17.7 Å². The van der Waals surface area contributed by atoms with Crippen molar-refractivity contribution in [3.8, 4) is 0 Å². The minimum absolute atomic E-state index is 0.218. The second-order valence-electron chi connectivity index (χ2n) is 4.57. The summed E-state index contributed by atoms with van der Waals surface area (Å²) in [5.74, 6) is -0.237. The largest absolute Gasteiger partial charge is 0.304 e. The average Bonchev–Trinajstić information content (AvgIpc) is 2.97. The number of rotatable bonds is 4. The van der Waals surface area contributed by atoms with Crippen molar-refractivity contribution in [3.05, 3.63) is 72.2 Å². The first-order chi connectivity index (χ1) is 10.7. The Morgan fingerprint density at radius 1 is 1.18 bits per heavy atom. The highest BCUT2D eigenvalue weighted by atomic mass is 19.1. The summed E-state index contributed by atoms with van der Waals surface area (Å²) in [5, 5.41) is 6.88. The van der Waals surface area contributed by atoms with Crippen molar-refractivity contribution < 1.29 is 9.18 Å². The molecule has 22 heavy (non-hydrogen) atoms. The van der Waals surface area contributed by atoms with E-state index in [1.165, 1.54) is 30.7 Å². The highest BCUT2D eigenvalue weighted by molar-refractivity contribution is 6.01. The van der Waals surface area contributed by atoms with Gasteiger partial charge in [-0.1, -0.05) is 12.1 Å². The normalized spacial score (nSPS) is 10.4. The number of nitrogens with zero attached hydrogens (tertiary/aromatic N) is 4. The molecular weight excluding hydrogens is 285 g/mol. The van der Waals surface area contributed by atoms with E-state index in [9.17, 15) is 9.18 Å². The van der Waals surface area contributed by atoms with Gasteiger partial charge in [-0.15, -0.1) is 0 Å². The van der Waals surface area contributed by atoms with Crippen LogP contribution >= 0.6 is 0 Å². The van der Waals surface area contributed by atoms with E-state index >= 15 is 0 Å². The average molecular weight is 297 g/mol. The zero-order valence-electron chi connectivity index (χ0n) is 11.5. The van der Waals surface area contributed by atoms with Crippen LogP contribution in [0, 0.1) is 5.82 Å². The van der Waals surface area contributed by atoms with Gasteiger partial charge in [0.2, 0.25) is 0 Å². The molecule has 2 aromatic heterocycles. The molecule has 0 aliphatic heterocycles. The van der Waals surface area contributed by atoms with Crippen molar-refractivity contribution in [2.75, 3.05) is 5.32 Å². The van der Waals surface area contributed by atoms with E-state index in [1.807, 2.05) is 0 Å². The molecule has 0 saturated carbocycles. The van der Waals surface area contributed by atoms with E-state index in [-0.39, 0.29) is 17.4 Å². The van der Waals surface area contributed by atoms with Gasteiger partial charge in [0.1, 0.15) is 11.5 Å². The Bertz CT molecular complexity index is 770. The van der Waals surface area contributed by atoms with Gasteiger partial charge in [0, 0.05) is 24.7 Å². The first kappa shape index (κ1) is 13.9. The van der Waals surface area contributed by atoms with Crippen molar-refractivity contribution in [1.82, 2.24) is 19.7 Å². The summed E-state index contributed by atoms with van der Waals surface area (Å²) >= 11 is 0. The first-order valence-electron chi connectivity index (χ1n) is 6.56. The van der Waals surface area contributed by atoms with Crippen molar-refractivity contribution in [2.24, 2.45) is 0 Å². The number of aromatic nitrogens is 4. The van der Waals surface area contributed by atoms with E-state index in [4.69, 9.17) is 0 Å². The number of benzene rings is 1. The number of carbonyl (C=O) groups excluding carboxylic acids is 1. The summed E-state index contributed by atoms with van der Waals surface area (Å²) in [5.41, 5.74) is 1.13. The van der Waals surface area contributed by atoms with E-state index in [0.29, 0.717) is 12.4 Å². The highest BCUT2D eigenvalue weighted by Gasteiger charge is 2.09. The minimum Gasteiger partial charge on any atom is -0.304 e. The second-order valence-corrected chi connectivity index (χ2v) is 4.57. The predicted octanol–water partition coefficient (Wildman–Crippen LogP) is 2.11. The quantitative estimate of drug-likeness (QED) is 0.800. The molecule has 110 valence electrons. The summed E-state index contributed by atoms with van der Waals surface area (Å²) in [4.78, 5) is 19.7. The van der Waals surface area contributed by atoms with Crippen LogP contribution in [0.25, 0.3) is 0 Å². The maximum absolute atomic E-state index is 12.9. The van der Waals surface area contributed by atoms with Crippen LogP contribution in [-0.4, -0.2) is 25.7 Å². The van der Waals surface area contributed by atoms with Crippen molar-refractivity contribution >= 4 is 11.7 Å². The fourth-order valence-corrected chi connectivity index (χ4v) is 1.89. The molecule has 0 bridgehead atoms. The van der Waals surface area contributed by atoms with Gasteiger partial charge in [-0.25, -0.2) is 9.37 Å². The van der Waals surface area contributed by atoms with Gasteiger partial charge in [0.05, 0.1) is 12.7 Å². The molecule has 0 atom stereocenters. The fourth-order valence-electron chi connectivity index (χ4n) is 1.89. The number of amides is 1. The van der Waals surface area contributed by atoms with Crippen molar-refractivity contribution in [1.29, 1.82) is 0 Å². The van der Waals surface area contributed by atoms with Gasteiger partial charge >= 0.3 is 0 Å². The zero-order chi connectivity index (χ0) is 15.4. The molecule has 1 aromatic carbocycles. The van der Waals surface area contributed by atoms with Crippen LogP contribution < -0.4 is 5.32 Å². The third-order valence-electron chi connectivity index (χ3n) is 2.94. The molecule has 6 nitrogen and oxygen atoms in total. The van der Waals surface area contributed by atoms with Crippen molar-refractivity contribution in [3.63, 3.8) is 0 Å². The Labute approximate surface area is 125 Å². The van der Waals surface area contributed by atoms with Crippen LogP contribution in [0.3, 0.4) is 0 Å². The third-order valence-corrected chi connectivity index (χ3v) is 2.94. The zero-order valence-corrected chi connectivity index (χ0v) is 11.5. The van der Waals surface area contributed by atoms with E-state index < -0.39 is 0 Å². The molecule has 1 amide bonds. The number of hydrogen-bond donors (Lipinski definition) is 1. The molecule has 0 unspecified atom stereocenters. The van der Waals surface area contributed by atoms with Gasteiger partial charge in [0.15, 0.2) is 5.82 Å². The molecule has 1 N–H and O–H groups in total. The Balaban J connectivity index is 1.66. The van der Waals surface area contributed by atoms with Gasteiger partial charge in [-0.3, -0.25) is 14.5 Å². The Morgan fingerprint density at radius 3 is 2.73 bits per heavy atom. The fraction of sp³-hybridized carbons (Fsp3) is 0.0667. The van der Waals surface area contributed by atoms with E-state index in [1.54, 1.807) is 29.1 Å². The van der Waals surface area contributed by atoms with Crippen LogP contribution in [0.2, 0.25) is 0 Å². The first-order valence-corrected chi connectivity index (χ1v) is 6.56. The van der Waals surface area contributed by atoms with Crippen molar-refractivity contribution in [2.45, 2.75) is 6.54 Å². The summed E-state index contributed by atoms with van der Waals surface area (Å²) in [6, 6.07) is 7.85. The molecule has 0 spiro atoms. The lowest BCUT2D eigenvalue weighted by Crippen LogP contribution is -2.14. The highest BCUT2D eigenvalue weighted by Crippen LogP contribution is 2.08. The molecule has 7 heteroatoms. The van der Waals surface area contributed by atoms with Gasteiger partial charge < -0.3 is 5.32 Å². The predicted molar refractivity (Wildman–Crippen MR) is 77.7 cm³/mol. The smallest absolute Gasteiger partial charge is 0.277 e. The molecule has 2 heterocycles. The minimum atomic E-state index is -0.375. The monoisotopic (exact) mass is 297 g/mol. The van der Waals surface area contributed by atoms with E-state index in [2.05, 4.69) is 20.4 Å². The standard InChI is InChI=1S/C15H12FN5O/c16-12-3-1-11(2-4-12)10-21-8-5-14(20-21)19-15(22)13-9-17-6-7-18-13/h1-9H,10H2,(H,19,20,22). The van der Waals surface area contributed by atoms with Gasteiger partial charge in [-0.2, -0.15) is 5.10 Å². The number of hydrogen-bond acceptors (Lipinski definition) is 4. The van der Waals surface area contributed by atoms with Crippen LogP contribution in [0.1, 0.15) is 16.1 Å². The third kappa shape index (κ3) is 3.32. The molecule has 0 radical (unpaired) electrons. The molecular formula is C15H12FN5O. The number of carbonyl (C=O) groups is 1. The second kappa shape index (κ2) is 6.13. The number of halogens is 1. The number of anilines is 1. The Morgan fingerprint density at radius 2 is 2.00 bits per heavy atom. The summed E-state index contributed by atoms with van der Waals surface area (Å²) in [6.07, 6.45) is 6.05. The molecule has 0 saturated heterocycles.